The third-order valence-corrected chi connectivity index (χ3v) is 6.60. The van der Waals surface area contributed by atoms with Crippen LogP contribution in [0.25, 0.3) is 0 Å². The Kier molecular flexibility index (Phi) is 4.93. The van der Waals surface area contributed by atoms with Crippen LogP contribution < -0.4 is 0 Å². The highest BCUT2D eigenvalue weighted by Crippen LogP contribution is 2.48. The van der Waals surface area contributed by atoms with Gasteiger partial charge in [-0.3, -0.25) is 9.59 Å². The van der Waals surface area contributed by atoms with Gasteiger partial charge in [0.05, 0.1) is 25.1 Å². The largest absolute Gasteiger partial charge is 0.351 e. The van der Waals surface area contributed by atoms with E-state index in [0.29, 0.717) is 31.9 Å². The second-order valence-electron chi connectivity index (χ2n) is 8.27. The number of carbonyl (C=O) groups is 2. The molecule has 0 unspecified atom stereocenters. The van der Waals surface area contributed by atoms with Gasteiger partial charge < -0.3 is 14.5 Å². The van der Waals surface area contributed by atoms with Crippen molar-refractivity contribution in [3.63, 3.8) is 0 Å². The number of hydrogen-bond acceptors (Lipinski definition) is 3. The molecule has 0 N–H and O–H groups in total. The second-order valence-corrected chi connectivity index (χ2v) is 8.70. The van der Waals surface area contributed by atoms with E-state index >= 15 is 0 Å². The number of carbonyl (C=O) groups excluding carboxylic acids is 2. The van der Waals surface area contributed by atoms with Crippen LogP contribution in [0.1, 0.15) is 45.1 Å². The number of ether oxygens (including phenoxy) is 1. The number of aryl methyl sites for hydroxylation is 1. The Labute approximate surface area is 165 Å². The number of likely N-dealkylation sites (tertiary alicyclic amines) is 1. The van der Waals surface area contributed by atoms with Crippen LogP contribution in [0, 0.1) is 5.92 Å². The lowest BCUT2D eigenvalue weighted by atomic mass is 10.0. The minimum Gasteiger partial charge on any atom is -0.351 e. The van der Waals surface area contributed by atoms with Gasteiger partial charge in [-0.2, -0.15) is 0 Å². The van der Waals surface area contributed by atoms with Gasteiger partial charge in [0.15, 0.2) is 5.72 Å². The first-order chi connectivity index (χ1) is 12.9. The van der Waals surface area contributed by atoms with E-state index < -0.39 is 5.72 Å². The summed E-state index contributed by atoms with van der Waals surface area (Å²) >= 11 is 5.91. The van der Waals surface area contributed by atoms with Crippen molar-refractivity contribution < 1.29 is 14.3 Å². The van der Waals surface area contributed by atoms with E-state index in [1.54, 1.807) is 0 Å². The van der Waals surface area contributed by atoms with Crippen molar-refractivity contribution in [1.29, 1.82) is 0 Å². The molecule has 0 aromatic heterocycles. The predicted octanol–water partition coefficient (Wildman–Crippen LogP) is 3.25. The van der Waals surface area contributed by atoms with Crippen LogP contribution in [0.2, 0.25) is 5.02 Å². The molecule has 3 heterocycles. The zero-order chi connectivity index (χ0) is 19.2. The third-order valence-electron chi connectivity index (χ3n) is 6.35. The Morgan fingerprint density at radius 3 is 2.78 bits per heavy atom. The summed E-state index contributed by atoms with van der Waals surface area (Å²) < 4.78 is 6.20. The van der Waals surface area contributed by atoms with Crippen LogP contribution in [0.15, 0.2) is 24.3 Å². The second kappa shape index (κ2) is 7.10. The van der Waals surface area contributed by atoms with E-state index in [0.717, 1.165) is 24.3 Å². The number of halogens is 1. The van der Waals surface area contributed by atoms with Crippen molar-refractivity contribution in [2.45, 2.75) is 63.8 Å². The molecule has 0 radical (unpaired) electrons. The first-order valence-electron chi connectivity index (χ1n) is 9.92. The summed E-state index contributed by atoms with van der Waals surface area (Å²) in [4.78, 5) is 29.4. The van der Waals surface area contributed by atoms with Crippen molar-refractivity contribution in [1.82, 2.24) is 9.80 Å². The Balaban J connectivity index is 1.39. The first-order valence-corrected chi connectivity index (χ1v) is 10.3. The molecule has 3 aliphatic rings. The highest BCUT2D eigenvalue weighted by molar-refractivity contribution is 6.30. The zero-order valence-corrected chi connectivity index (χ0v) is 16.7. The molecular weight excluding hydrogens is 364 g/mol. The summed E-state index contributed by atoms with van der Waals surface area (Å²) in [5.74, 6) is 0.628. The lowest BCUT2D eigenvalue weighted by Gasteiger charge is -2.34. The smallest absolute Gasteiger partial charge is 0.227 e. The van der Waals surface area contributed by atoms with Gasteiger partial charge in [-0.1, -0.05) is 37.6 Å². The van der Waals surface area contributed by atoms with Crippen LogP contribution in [-0.4, -0.2) is 52.6 Å². The van der Waals surface area contributed by atoms with Crippen LogP contribution in [-0.2, 0) is 20.7 Å². The molecule has 5 nitrogen and oxygen atoms in total. The summed E-state index contributed by atoms with van der Waals surface area (Å²) in [7, 11) is 0. The fourth-order valence-electron chi connectivity index (χ4n) is 4.91. The van der Waals surface area contributed by atoms with Crippen LogP contribution in [0.3, 0.4) is 0 Å². The molecule has 2 amide bonds. The minimum absolute atomic E-state index is 0.127. The lowest BCUT2D eigenvalue weighted by molar-refractivity contribution is -0.141. The average Bonchev–Trinajstić information content (AvgIpc) is 3.26. The minimum atomic E-state index is -0.572. The summed E-state index contributed by atoms with van der Waals surface area (Å²) in [6.07, 6.45) is 3.27. The fourth-order valence-corrected chi connectivity index (χ4v) is 5.03. The maximum atomic E-state index is 12.9. The van der Waals surface area contributed by atoms with Crippen molar-refractivity contribution in [2.75, 3.05) is 13.2 Å². The SMILES string of the molecule is CC(C)[C@@H]1CO[C@@]23CCN(C(=O)CCCc4ccc(Cl)cc4)[C@@H]2CC(=O)N13. The summed E-state index contributed by atoms with van der Waals surface area (Å²) in [5.41, 5.74) is 0.615. The molecule has 3 aliphatic heterocycles. The topological polar surface area (TPSA) is 49.9 Å². The molecule has 3 saturated heterocycles. The van der Waals surface area contributed by atoms with Crippen molar-refractivity contribution in [3.05, 3.63) is 34.9 Å². The highest BCUT2D eigenvalue weighted by Gasteiger charge is 2.65. The van der Waals surface area contributed by atoms with Gasteiger partial charge in [0.1, 0.15) is 0 Å². The number of amides is 2. The standard InChI is InChI=1S/C21H27ClN2O3/c1-14(2)17-13-27-21-10-11-23(18(21)12-20(26)24(17)21)19(25)5-3-4-15-6-8-16(22)9-7-15/h6-9,14,17-18H,3-5,10-13H2,1-2H3/t17-,18+,21-/m0/s1. The molecular formula is C21H27ClN2O3. The number of nitrogens with zero attached hydrogens (tertiary/aromatic N) is 2. The third kappa shape index (κ3) is 3.15. The van der Waals surface area contributed by atoms with Crippen molar-refractivity contribution in [3.8, 4) is 0 Å². The van der Waals surface area contributed by atoms with E-state index in [4.69, 9.17) is 16.3 Å². The Morgan fingerprint density at radius 1 is 1.33 bits per heavy atom. The quantitative estimate of drug-likeness (QED) is 0.775. The van der Waals surface area contributed by atoms with E-state index in [1.165, 1.54) is 5.56 Å². The molecule has 1 aromatic rings. The molecule has 1 spiro atoms. The van der Waals surface area contributed by atoms with Gasteiger partial charge in [-0.15, -0.1) is 0 Å². The maximum absolute atomic E-state index is 12.9. The lowest BCUT2D eigenvalue weighted by Crippen LogP contribution is -2.51. The van der Waals surface area contributed by atoms with Gasteiger partial charge in [0.2, 0.25) is 11.8 Å². The number of hydrogen-bond donors (Lipinski definition) is 0. The molecule has 146 valence electrons. The summed E-state index contributed by atoms with van der Waals surface area (Å²) in [6, 6.07) is 7.76. The molecule has 0 aliphatic carbocycles. The van der Waals surface area contributed by atoms with E-state index in [1.807, 2.05) is 34.1 Å². The molecule has 3 fully saturated rings. The molecule has 0 bridgehead atoms. The Morgan fingerprint density at radius 2 is 2.07 bits per heavy atom. The highest BCUT2D eigenvalue weighted by atomic mass is 35.5. The monoisotopic (exact) mass is 390 g/mol. The van der Waals surface area contributed by atoms with Crippen molar-refractivity contribution in [2.24, 2.45) is 5.92 Å². The normalized spacial score (nSPS) is 29.6. The molecule has 1 aromatic carbocycles. The predicted molar refractivity (Wildman–Crippen MR) is 103 cm³/mol. The average molecular weight is 391 g/mol. The van der Waals surface area contributed by atoms with E-state index in [-0.39, 0.29) is 23.9 Å². The molecule has 0 saturated carbocycles. The van der Waals surface area contributed by atoms with Crippen LogP contribution in [0.4, 0.5) is 0 Å². The molecule has 3 atom stereocenters. The van der Waals surface area contributed by atoms with Gasteiger partial charge in [-0.05, 0) is 36.5 Å². The number of benzene rings is 1. The van der Waals surface area contributed by atoms with Gasteiger partial charge >= 0.3 is 0 Å². The van der Waals surface area contributed by atoms with E-state index in [2.05, 4.69) is 13.8 Å². The number of rotatable bonds is 5. The van der Waals surface area contributed by atoms with E-state index in [9.17, 15) is 9.59 Å². The summed E-state index contributed by atoms with van der Waals surface area (Å²) in [6.45, 7) is 5.52. The molecule has 27 heavy (non-hydrogen) atoms. The van der Waals surface area contributed by atoms with Gasteiger partial charge in [-0.25, -0.2) is 0 Å². The van der Waals surface area contributed by atoms with Crippen LogP contribution >= 0.6 is 11.6 Å². The van der Waals surface area contributed by atoms with Gasteiger partial charge in [0, 0.05) is 24.4 Å². The Hall–Kier alpha value is -1.59. The summed E-state index contributed by atoms with van der Waals surface area (Å²) in [5, 5.41) is 0.726. The van der Waals surface area contributed by atoms with Gasteiger partial charge in [0.25, 0.3) is 0 Å². The van der Waals surface area contributed by atoms with Crippen molar-refractivity contribution >= 4 is 23.4 Å². The Bertz CT molecular complexity index is 735. The maximum Gasteiger partial charge on any atom is 0.227 e. The molecule has 6 heteroatoms. The fraction of sp³-hybridized carbons (Fsp3) is 0.619. The zero-order valence-electron chi connectivity index (χ0n) is 16.0. The first kappa shape index (κ1) is 18.8. The molecule has 4 rings (SSSR count). The van der Waals surface area contributed by atoms with Crippen LogP contribution in [0.5, 0.6) is 0 Å².